The smallest absolute Gasteiger partial charge is 0.346 e. The predicted molar refractivity (Wildman–Crippen MR) is 115 cm³/mol. The van der Waals surface area contributed by atoms with Crippen LogP contribution in [0.1, 0.15) is 44.5 Å². The van der Waals surface area contributed by atoms with Crippen LogP contribution in [-0.2, 0) is 10.0 Å². The molecule has 0 aliphatic carbocycles. The Hall–Kier alpha value is -2.92. The zero-order valence-corrected chi connectivity index (χ0v) is 19.1. The van der Waals surface area contributed by atoms with Crippen LogP contribution in [0.4, 0.5) is 4.79 Å². The van der Waals surface area contributed by atoms with E-state index in [4.69, 9.17) is 4.74 Å². The Kier molecular flexibility index (Phi) is 8.17. The summed E-state index contributed by atoms with van der Waals surface area (Å²) >= 11 is 0. The third kappa shape index (κ3) is 6.05. The molecule has 1 heterocycles. The first-order valence-corrected chi connectivity index (χ1v) is 11.5. The second-order valence-electron chi connectivity index (χ2n) is 7.11. The van der Waals surface area contributed by atoms with Crippen LogP contribution in [0.3, 0.4) is 0 Å². The lowest BCUT2D eigenvalue weighted by Crippen LogP contribution is -2.50. The lowest BCUT2D eigenvalue weighted by atomic mass is 10.1. The fraction of sp³-hybridized carbons (Fsp3) is 0.450. The van der Waals surface area contributed by atoms with Crippen molar-refractivity contribution < 1.29 is 22.7 Å². The monoisotopic (exact) mass is 451 g/mol. The van der Waals surface area contributed by atoms with Gasteiger partial charge in [-0.2, -0.15) is 9.78 Å². The van der Waals surface area contributed by atoms with Gasteiger partial charge in [0, 0.05) is 25.5 Å². The fourth-order valence-corrected chi connectivity index (χ4v) is 4.17. The van der Waals surface area contributed by atoms with Crippen molar-refractivity contribution in [3.63, 3.8) is 0 Å². The Labute approximate surface area is 182 Å². The summed E-state index contributed by atoms with van der Waals surface area (Å²) < 4.78 is 34.3. The van der Waals surface area contributed by atoms with Gasteiger partial charge in [-0.1, -0.05) is 6.92 Å². The Morgan fingerprint density at radius 1 is 1.26 bits per heavy atom. The molecule has 1 aromatic carbocycles. The highest BCUT2D eigenvalue weighted by atomic mass is 32.2. The molecule has 0 saturated carbocycles. The minimum absolute atomic E-state index is 0.0520. The number of sulfonamides is 1. The van der Waals surface area contributed by atoms with Crippen LogP contribution in [0.2, 0.25) is 0 Å². The third-order valence-electron chi connectivity index (χ3n) is 4.35. The molecular formula is C20H29N5O5S. The van der Waals surface area contributed by atoms with Gasteiger partial charge in [0.2, 0.25) is 10.0 Å². The largest absolute Gasteiger partial charge is 0.493 e. The first-order chi connectivity index (χ1) is 14.6. The zero-order chi connectivity index (χ0) is 23.2. The van der Waals surface area contributed by atoms with Gasteiger partial charge in [-0.05, 0) is 51.5 Å². The third-order valence-corrected chi connectivity index (χ3v) is 6.01. The number of rotatable bonds is 9. The van der Waals surface area contributed by atoms with E-state index in [9.17, 15) is 18.0 Å². The van der Waals surface area contributed by atoms with E-state index in [0.717, 1.165) is 4.68 Å². The number of carbonyl (C=O) groups excluding carboxylic acids is 2. The minimum atomic E-state index is -3.80. The molecule has 1 atom stereocenters. The molecular weight excluding hydrogens is 422 g/mol. The molecule has 0 fully saturated rings. The molecule has 0 spiro atoms. The normalized spacial score (nSPS) is 12.5. The Morgan fingerprint density at radius 2 is 1.97 bits per heavy atom. The summed E-state index contributed by atoms with van der Waals surface area (Å²) in [6.45, 7) is 7.29. The zero-order valence-electron chi connectivity index (χ0n) is 18.3. The molecule has 31 heavy (non-hydrogen) atoms. The number of nitrogens with zero attached hydrogens (tertiary/aromatic N) is 3. The van der Waals surface area contributed by atoms with Gasteiger partial charge in [0.25, 0.3) is 5.91 Å². The molecule has 0 aliphatic rings. The predicted octanol–water partition coefficient (Wildman–Crippen LogP) is 2.03. The van der Waals surface area contributed by atoms with E-state index in [2.05, 4.69) is 15.1 Å². The number of hydrogen-bond acceptors (Lipinski definition) is 6. The second-order valence-corrected chi connectivity index (χ2v) is 8.82. The number of benzene rings is 1. The van der Waals surface area contributed by atoms with Gasteiger partial charge >= 0.3 is 6.03 Å². The van der Waals surface area contributed by atoms with Crippen molar-refractivity contribution >= 4 is 22.0 Å². The standard InChI is InChI=1S/C20H29N5O5S/c1-6-18(24(5)20(27)25-12-8-11-21-25)22-19(26)16-13-15(9-10-17(16)30-7-2)31(28,29)23-14(3)4/h8-14,18,23H,6-7H2,1-5H3,(H,22,26). The van der Waals surface area contributed by atoms with Crippen LogP contribution in [0.15, 0.2) is 41.6 Å². The molecule has 11 heteroatoms. The Morgan fingerprint density at radius 3 is 2.52 bits per heavy atom. The summed E-state index contributed by atoms with van der Waals surface area (Å²) in [4.78, 5) is 26.9. The maximum Gasteiger partial charge on any atom is 0.346 e. The van der Waals surface area contributed by atoms with Crippen LogP contribution in [0.25, 0.3) is 0 Å². The van der Waals surface area contributed by atoms with Gasteiger partial charge in [-0.15, -0.1) is 0 Å². The molecule has 0 radical (unpaired) electrons. The van der Waals surface area contributed by atoms with Crippen LogP contribution in [0, 0.1) is 0 Å². The summed E-state index contributed by atoms with van der Waals surface area (Å²) in [6, 6.07) is 5.01. The molecule has 10 nitrogen and oxygen atoms in total. The maximum absolute atomic E-state index is 13.1. The van der Waals surface area contributed by atoms with Crippen LogP contribution < -0.4 is 14.8 Å². The molecule has 2 N–H and O–H groups in total. The van der Waals surface area contributed by atoms with Crippen LogP contribution in [-0.4, -0.2) is 60.9 Å². The average Bonchev–Trinajstić information content (AvgIpc) is 3.25. The van der Waals surface area contributed by atoms with E-state index in [1.165, 1.54) is 35.5 Å². The van der Waals surface area contributed by atoms with Crippen LogP contribution in [0.5, 0.6) is 5.75 Å². The summed E-state index contributed by atoms with van der Waals surface area (Å²) in [5.74, 6) is -0.309. The molecule has 1 aromatic heterocycles. The highest BCUT2D eigenvalue weighted by molar-refractivity contribution is 7.89. The number of carbonyl (C=O) groups is 2. The van der Waals surface area contributed by atoms with Gasteiger partial charge < -0.3 is 15.0 Å². The highest BCUT2D eigenvalue weighted by Crippen LogP contribution is 2.23. The van der Waals surface area contributed by atoms with E-state index in [1.807, 2.05) is 6.92 Å². The van der Waals surface area contributed by atoms with Gasteiger partial charge in [-0.3, -0.25) is 4.79 Å². The summed E-state index contributed by atoms with van der Waals surface area (Å²) in [6.07, 6.45) is 2.77. The summed E-state index contributed by atoms with van der Waals surface area (Å²) in [7, 11) is -2.25. The second kappa shape index (κ2) is 10.4. The molecule has 0 saturated heterocycles. The Balaban J connectivity index is 2.32. The van der Waals surface area contributed by atoms with E-state index < -0.39 is 28.1 Å². The topological polar surface area (TPSA) is 123 Å². The molecule has 2 aromatic rings. The first kappa shape index (κ1) is 24.4. The molecule has 0 aliphatic heterocycles. The van der Waals surface area contributed by atoms with E-state index in [0.29, 0.717) is 13.0 Å². The fourth-order valence-electron chi connectivity index (χ4n) is 2.89. The lowest BCUT2D eigenvalue weighted by Gasteiger charge is -2.28. The van der Waals surface area contributed by atoms with Gasteiger partial charge in [-0.25, -0.2) is 17.9 Å². The van der Waals surface area contributed by atoms with E-state index in [1.54, 1.807) is 33.9 Å². The van der Waals surface area contributed by atoms with Crippen molar-refractivity contribution in [2.45, 2.75) is 51.2 Å². The summed E-state index contributed by atoms with van der Waals surface area (Å²) in [5, 5.41) is 6.68. The SMILES string of the molecule is CCOc1ccc(S(=O)(=O)NC(C)C)cc1C(=O)NC(CC)N(C)C(=O)n1cccn1. The highest BCUT2D eigenvalue weighted by Gasteiger charge is 2.25. The first-order valence-electron chi connectivity index (χ1n) is 9.97. The average molecular weight is 452 g/mol. The molecule has 1 unspecified atom stereocenters. The number of ether oxygens (including phenoxy) is 1. The summed E-state index contributed by atoms with van der Waals surface area (Å²) in [5.41, 5.74) is 0.0619. The molecule has 170 valence electrons. The van der Waals surface area contributed by atoms with Crippen molar-refractivity contribution in [3.8, 4) is 5.75 Å². The van der Waals surface area contributed by atoms with Crippen molar-refractivity contribution in [2.24, 2.45) is 0 Å². The number of aromatic nitrogens is 2. The Bertz CT molecular complexity index is 1000. The van der Waals surface area contributed by atoms with Crippen LogP contribution >= 0.6 is 0 Å². The van der Waals surface area contributed by atoms with E-state index in [-0.39, 0.29) is 22.3 Å². The van der Waals surface area contributed by atoms with Crippen molar-refractivity contribution in [2.75, 3.05) is 13.7 Å². The number of nitrogens with one attached hydrogen (secondary N) is 2. The van der Waals surface area contributed by atoms with Crippen molar-refractivity contribution in [1.82, 2.24) is 24.7 Å². The quantitative estimate of drug-likeness (QED) is 0.563. The maximum atomic E-state index is 13.1. The lowest BCUT2D eigenvalue weighted by molar-refractivity contribution is 0.0884. The van der Waals surface area contributed by atoms with Gasteiger partial charge in [0.1, 0.15) is 11.9 Å². The molecule has 2 amide bonds. The molecule has 2 rings (SSSR count). The van der Waals surface area contributed by atoms with Crippen molar-refractivity contribution in [1.29, 1.82) is 0 Å². The molecule has 0 bridgehead atoms. The minimum Gasteiger partial charge on any atom is -0.493 e. The van der Waals surface area contributed by atoms with E-state index >= 15 is 0 Å². The van der Waals surface area contributed by atoms with Crippen molar-refractivity contribution in [3.05, 3.63) is 42.2 Å². The number of amides is 2. The van der Waals surface area contributed by atoms with Gasteiger partial charge in [0.05, 0.1) is 17.1 Å². The van der Waals surface area contributed by atoms with Gasteiger partial charge in [0.15, 0.2) is 0 Å². The number of hydrogen-bond donors (Lipinski definition) is 2.